The van der Waals surface area contributed by atoms with Gasteiger partial charge in [0.05, 0.1) is 17.1 Å². The van der Waals surface area contributed by atoms with Crippen LogP contribution in [0.4, 0.5) is 0 Å². The van der Waals surface area contributed by atoms with E-state index in [1.165, 1.54) is 6.42 Å². The number of aliphatic hydroxyl groups is 1. The molecule has 15 heavy (non-hydrogen) atoms. The van der Waals surface area contributed by atoms with E-state index in [9.17, 15) is 10.4 Å². The molecule has 1 unspecified atom stereocenters. The first-order valence-corrected chi connectivity index (χ1v) is 6.07. The Morgan fingerprint density at radius 1 is 1.07 bits per heavy atom. The van der Waals surface area contributed by atoms with Crippen LogP contribution in [-0.2, 0) is 0 Å². The minimum Gasteiger partial charge on any atom is -0.387 e. The van der Waals surface area contributed by atoms with Crippen molar-refractivity contribution in [3.63, 3.8) is 0 Å². The Hall–Kier alpha value is -0.590. The van der Waals surface area contributed by atoms with Crippen molar-refractivity contribution in [3.05, 3.63) is 0 Å². The standard InChI is InChI=1S/C12H20N2O/c13-9-11(5-2-1-3-6-11)12(15)7-4-8-14-10-12/h14-15H,1-8,10H2. The Morgan fingerprint density at radius 2 is 1.80 bits per heavy atom. The second-order valence-corrected chi connectivity index (χ2v) is 5.07. The van der Waals surface area contributed by atoms with E-state index < -0.39 is 11.0 Å². The van der Waals surface area contributed by atoms with Gasteiger partial charge in [-0.15, -0.1) is 0 Å². The van der Waals surface area contributed by atoms with Gasteiger partial charge in [-0.3, -0.25) is 0 Å². The van der Waals surface area contributed by atoms with Gasteiger partial charge >= 0.3 is 0 Å². The van der Waals surface area contributed by atoms with Crippen LogP contribution in [-0.4, -0.2) is 23.8 Å². The number of hydrogen-bond donors (Lipinski definition) is 2. The monoisotopic (exact) mass is 208 g/mol. The Kier molecular flexibility index (Phi) is 2.99. The van der Waals surface area contributed by atoms with E-state index in [0.717, 1.165) is 45.1 Å². The maximum absolute atomic E-state index is 10.7. The van der Waals surface area contributed by atoms with E-state index in [1.54, 1.807) is 0 Å². The molecule has 0 spiro atoms. The molecule has 0 aromatic heterocycles. The summed E-state index contributed by atoms with van der Waals surface area (Å²) in [4.78, 5) is 0. The summed E-state index contributed by atoms with van der Waals surface area (Å²) in [6.45, 7) is 1.57. The highest BCUT2D eigenvalue weighted by atomic mass is 16.3. The zero-order valence-corrected chi connectivity index (χ0v) is 9.26. The summed E-state index contributed by atoms with van der Waals surface area (Å²) in [6, 6.07) is 2.44. The van der Waals surface area contributed by atoms with Gasteiger partial charge in [0.25, 0.3) is 0 Å². The summed E-state index contributed by atoms with van der Waals surface area (Å²) >= 11 is 0. The molecule has 84 valence electrons. The fourth-order valence-corrected chi connectivity index (χ4v) is 3.13. The van der Waals surface area contributed by atoms with Crippen LogP contribution in [0.5, 0.6) is 0 Å². The summed E-state index contributed by atoms with van der Waals surface area (Å²) < 4.78 is 0. The highest BCUT2D eigenvalue weighted by Gasteiger charge is 2.51. The van der Waals surface area contributed by atoms with Crippen molar-refractivity contribution in [2.24, 2.45) is 5.41 Å². The lowest BCUT2D eigenvalue weighted by Gasteiger charge is -2.47. The van der Waals surface area contributed by atoms with Crippen LogP contribution in [0.2, 0.25) is 0 Å². The summed E-state index contributed by atoms with van der Waals surface area (Å²) in [6.07, 6.45) is 6.93. The quantitative estimate of drug-likeness (QED) is 0.688. The lowest BCUT2D eigenvalue weighted by molar-refractivity contribution is -0.0867. The maximum Gasteiger partial charge on any atom is 0.0957 e. The third kappa shape index (κ3) is 1.77. The van der Waals surface area contributed by atoms with E-state index in [2.05, 4.69) is 11.4 Å². The van der Waals surface area contributed by atoms with Crippen LogP contribution in [0.3, 0.4) is 0 Å². The molecule has 3 heteroatoms. The van der Waals surface area contributed by atoms with Crippen molar-refractivity contribution in [1.82, 2.24) is 5.32 Å². The highest BCUT2D eigenvalue weighted by Crippen LogP contribution is 2.46. The molecule has 1 atom stereocenters. The molecule has 0 aromatic carbocycles. The van der Waals surface area contributed by atoms with Crippen molar-refractivity contribution < 1.29 is 5.11 Å². The Labute approximate surface area is 91.5 Å². The van der Waals surface area contributed by atoms with Gasteiger partial charge in [-0.1, -0.05) is 19.3 Å². The van der Waals surface area contributed by atoms with E-state index in [0.29, 0.717) is 6.54 Å². The van der Waals surface area contributed by atoms with E-state index in [-0.39, 0.29) is 0 Å². The Bertz CT molecular complexity index is 257. The van der Waals surface area contributed by atoms with Crippen LogP contribution in [0, 0.1) is 16.7 Å². The molecule has 1 aliphatic heterocycles. The minimum absolute atomic E-state index is 0.474. The molecule has 0 radical (unpaired) electrons. The van der Waals surface area contributed by atoms with Gasteiger partial charge in [-0.2, -0.15) is 5.26 Å². The molecule has 0 bridgehead atoms. The van der Waals surface area contributed by atoms with Crippen molar-refractivity contribution in [2.45, 2.75) is 50.5 Å². The fourth-order valence-electron chi connectivity index (χ4n) is 3.13. The summed E-state index contributed by atoms with van der Waals surface area (Å²) in [5, 5.41) is 23.3. The molecular weight excluding hydrogens is 188 g/mol. The second kappa shape index (κ2) is 4.11. The average Bonchev–Trinajstić information content (AvgIpc) is 2.31. The van der Waals surface area contributed by atoms with E-state index >= 15 is 0 Å². The molecule has 0 amide bonds. The molecule has 2 aliphatic rings. The molecule has 1 saturated heterocycles. The van der Waals surface area contributed by atoms with Crippen LogP contribution in [0.1, 0.15) is 44.9 Å². The molecule has 0 aromatic rings. The first kappa shape index (κ1) is 10.9. The summed E-state index contributed by atoms with van der Waals surface area (Å²) in [5.41, 5.74) is -1.25. The van der Waals surface area contributed by atoms with Gasteiger partial charge in [0, 0.05) is 6.54 Å². The lowest BCUT2D eigenvalue weighted by atomic mass is 9.62. The third-order valence-electron chi connectivity index (χ3n) is 4.17. The van der Waals surface area contributed by atoms with E-state index in [1.807, 2.05) is 0 Å². The van der Waals surface area contributed by atoms with Crippen molar-refractivity contribution >= 4 is 0 Å². The molecule has 2 fully saturated rings. The van der Waals surface area contributed by atoms with Gasteiger partial charge in [-0.05, 0) is 32.2 Å². The molecular formula is C12H20N2O. The maximum atomic E-state index is 10.7. The number of piperidine rings is 1. The largest absolute Gasteiger partial charge is 0.387 e. The van der Waals surface area contributed by atoms with Gasteiger partial charge in [0.15, 0.2) is 0 Å². The molecule has 1 heterocycles. The van der Waals surface area contributed by atoms with Crippen molar-refractivity contribution in [1.29, 1.82) is 5.26 Å². The van der Waals surface area contributed by atoms with Crippen LogP contribution in [0.25, 0.3) is 0 Å². The van der Waals surface area contributed by atoms with Crippen molar-refractivity contribution in [2.75, 3.05) is 13.1 Å². The predicted octanol–water partition coefficient (Wildman–Crippen LogP) is 1.57. The van der Waals surface area contributed by atoms with Crippen molar-refractivity contribution in [3.8, 4) is 6.07 Å². The summed E-state index contributed by atoms with van der Waals surface area (Å²) in [7, 11) is 0. The topological polar surface area (TPSA) is 56.0 Å². The van der Waals surface area contributed by atoms with Gasteiger partial charge in [0.2, 0.25) is 0 Å². The molecule has 2 rings (SSSR count). The van der Waals surface area contributed by atoms with Gasteiger partial charge in [0.1, 0.15) is 0 Å². The minimum atomic E-state index is -0.777. The smallest absolute Gasteiger partial charge is 0.0957 e. The number of β-amino-alcohol motifs (C(OH)–C–C–N with tert-alkyl or cyclic N) is 1. The van der Waals surface area contributed by atoms with E-state index in [4.69, 9.17) is 0 Å². The SMILES string of the molecule is N#CC1(C2(O)CCCNC2)CCCCC1. The summed E-state index contributed by atoms with van der Waals surface area (Å²) in [5.74, 6) is 0. The normalized spacial score (nSPS) is 35.7. The Morgan fingerprint density at radius 3 is 2.33 bits per heavy atom. The predicted molar refractivity (Wildman–Crippen MR) is 58.2 cm³/mol. The first-order valence-electron chi connectivity index (χ1n) is 6.07. The van der Waals surface area contributed by atoms with Gasteiger partial charge < -0.3 is 10.4 Å². The van der Waals surface area contributed by atoms with Crippen LogP contribution >= 0.6 is 0 Å². The average molecular weight is 208 g/mol. The number of nitrogens with one attached hydrogen (secondary N) is 1. The Balaban J connectivity index is 2.19. The zero-order chi connectivity index (χ0) is 10.8. The number of rotatable bonds is 1. The molecule has 3 nitrogen and oxygen atoms in total. The first-order chi connectivity index (χ1) is 7.22. The van der Waals surface area contributed by atoms with Crippen LogP contribution in [0.15, 0.2) is 0 Å². The zero-order valence-electron chi connectivity index (χ0n) is 9.26. The fraction of sp³-hybridized carbons (Fsp3) is 0.917. The third-order valence-corrected chi connectivity index (χ3v) is 4.17. The number of nitriles is 1. The molecule has 1 aliphatic carbocycles. The second-order valence-electron chi connectivity index (χ2n) is 5.07. The number of nitrogens with zero attached hydrogens (tertiary/aromatic N) is 1. The van der Waals surface area contributed by atoms with Gasteiger partial charge in [-0.25, -0.2) is 0 Å². The van der Waals surface area contributed by atoms with Crippen LogP contribution < -0.4 is 5.32 Å². The lowest BCUT2D eigenvalue weighted by Crippen LogP contribution is -2.57. The molecule has 2 N–H and O–H groups in total. The highest BCUT2D eigenvalue weighted by molar-refractivity contribution is 5.14. The molecule has 1 saturated carbocycles. The number of hydrogen-bond acceptors (Lipinski definition) is 3.